The van der Waals surface area contributed by atoms with Crippen molar-refractivity contribution >= 4 is 11.7 Å². The predicted octanol–water partition coefficient (Wildman–Crippen LogP) is 2.01. The molecule has 1 fully saturated rings. The van der Waals surface area contributed by atoms with E-state index in [2.05, 4.69) is 11.0 Å². The number of carboxylic acid groups (broad SMARTS) is 1. The zero-order valence-corrected chi connectivity index (χ0v) is 11.6. The van der Waals surface area contributed by atoms with Crippen molar-refractivity contribution in [2.75, 3.05) is 18.0 Å². The second kappa shape index (κ2) is 5.21. The molecule has 4 nitrogen and oxygen atoms in total. The molecule has 0 aliphatic heterocycles. The first kappa shape index (κ1) is 13.9. The van der Waals surface area contributed by atoms with Crippen LogP contribution in [0, 0.1) is 12.8 Å². The molecule has 19 heavy (non-hydrogen) atoms. The molecule has 0 bridgehead atoms. The maximum absolute atomic E-state index is 11.5. The van der Waals surface area contributed by atoms with Crippen molar-refractivity contribution < 1.29 is 9.90 Å². The van der Waals surface area contributed by atoms with Crippen molar-refractivity contribution in [3.8, 4) is 0 Å². The van der Waals surface area contributed by atoms with Crippen LogP contribution in [0.1, 0.15) is 25.3 Å². The topological polar surface area (TPSA) is 66.6 Å². The number of nitrogens with zero attached hydrogens (tertiary/aromatic N) is 1. The highest BCUT2D eigenvalue weighted by molar-refractivity contribution is 5.80. The number of aryl methyl sites for hydroxylation is 1. The quantitative estimate of drug-likeness (QED) is 0.823. The van der Waals surface area contributed by atoms with Gasteiger partial charge in [0.25, 0.3) is 0 Å². The number of anilines is 1. The van der Waals surface area contributed by atoms with Crippen molar-refractivity contribution in [3.63, 3.8) is 0 Å². The number of benzene rings is 1. The van der Waals surface area contributed by atoms with Gasteiger partial charge in [0.15, 0.2) is 0 Å². The Labute approximate surface area is 114 Å². The first-order chi connectivity index (χ1) is 8.97. The van der Waals surface area contributed by atoms with Crippen molar-refractivity contribution in [1.82, 2.24) is 0 Å². The highest BCUT2D eigenvalue weighted by Crippen LogP contribution is 2.39. The Morgan fingerprint density at radius 2 is 2.21 bits per heavy atom. The SMILES string of the molecule is CCN(CC(N)(C(=O)O)C1CC1)c1cccc(C)c1. The summed E-state index contributed by atoms with van der Waals surface area (Å²) in [5.74, 6) is -0.773. The molecule has 0 radical (unpaired) electrons. The van der Waals surface area contributed by atoms with E-state index < -0.39 is 11.5 Å². The summed E-state index contributed by atoms with van der Waals surface area (Å²) >= 11 is 0. The summed E-state index contributed by atoms with van der Waals surface area (Å²) in [6.45, 7) is 5.18. The van der Waals surface area contributed by atoms with Gasteiger partial charge in [-0.15, -0.1) is 0 Å². The van der Waals surface area contributed by atoms with Crippen LogP contribution in [-0.2, 0) is 4.79 Å². The average Bonchev–Trinajstić information content (AvgIpc) is 3.19. The number of hydrogen-bond donors (Lipinski definition) is 2. The molecular formula is C15H22N2O2. The average molecular weight is 262 g/mol. The van der Waals surface area contributed by atoms with Crippen LogP contribution in [0.25, 0.3) is 0 Å². The molecule has 1 aliphatic rings. The Balaban J connectivity index is 2.20. The van der Waals surface area contributed by atoms with Gasteiger partial charge in [-0.3, -0.25) is 4.79 Å². The smallest absolute Gasteiger partial charge is 0.325 e. The standard InChI is InChI=1S/C15H22N2O2/c1-3-17(13-6-4-5-11(2)9-13)10-15(16,14(18)19)12-7-8-12/h4-6,9,12H,3,7-8,10,16H2,1-2H3,(H,18,19). The van der Waals surface area contributed by atoms with E-state index in [1.54, 1.807) is 0 Å². The van der Waals surface area contributed by atoms with Gasteiger partial charge < -0.3 is 15.7 Å². The second-order valence-corrected chi connectivity index (χ2v) is 5.47. The number of nitrogens with two attached hydrogens (primary N) is 1. The molecule has 0 aromatic heterocycles. The van der Waals surface area contributed by atoms with E-state index >= 15 is 0 Å². The van der Waals surface area contributed by atoms with Crippen molar-refractivity contribution in [3.05, 3.63) is 29.8 Å². The first-order valence-corrected chi connectivity index (χ1v) is 6.81. The molecule has 1 saturated carbocycles. The predicted molar refractivity (Wildman–Crippen MR) is 76.3 cm³/mol. The molecule has 1 atom stereocenters. The first-order valence-electron chi connectivity index (χ1n) is 6.81. The van der Waals surface area contributed by atoms with E-state index in [0.29, 0.717) is 6.54 Å². The highest BCUT2D eigenvalue weighted by Gasteiger charge is 2.49. The highest BCUT2D eigenvalue weighted by atomic mass is 16.4. The Morgan fingerprint density at radius 1 is 1.53 bits per heavy atom. The fourth-order valence-corrected chi connectivity index (χ4v) is 2.50. The van der Waals surface area contributed by atoms with E-state index in [1.807, 2.05) is 32.0 Å². The molecule has 1 aromatic rings. The normalized spacial score (nSPS) is 17.8. The number of likely N-dealkylation sites (N-methyl/N-ethyl adjacent to an activating group) is 1. The second-order valence-electron chi connectivity index (χ2n) is 5.47. The summed E-state index contributed by atoms with van der Waals surface area (Å²) in [6, 6.07) is 8.10. The summed E-state index contributed by atoms with van der Waals surface area (Å²) in [6.07, 6.45) is 1.85. The molecule has 0 heterocycles. The molecule has 1 unspecified atom stereocenters. The zero-order valence-electron chi connectivity index (χ0n) is 11.6. The lowest BCUT2D eigenvalue weighted by molar-refractivity contribution is -0.143. The zero-order chi connectivity index (χ0) is 14.0. The number of aliphatic carboxylic acids is 1. The van der Waals surface area contributed by atoms with Crippen LogP contribution >= 0.6 is 0 Å². The lowest BCUT2D eigenvalue weighted by Crippen LogP contribution is -2.58. The molecule has 2 rings (SSSR count). The van der Waals surface area contributed by atoms with Crippen LogP contribution in [0.4, 0.5) is 5.69 Å². The van der Waals surface area contributed by atoms with Gasteiger partial charge in [0.05, 0.1) is 0 Å². The molecule has 1 aromatic carbocycles. The van der Waals surface area contributed by atoms with Gasteiger partial charge in [-0.1, -0.05) is 12.1 Å². The van der Waals surface area contributed by atoms with Gasteiger partial charge in [-0.2, -0.15) is 0 Å². The van der Waals surface area contributed by atoms with Crippen molar-refractivity contribution in [1.29, 1.82) is 0 Å². The third kappa shape index (κ3) is 2.89. The number of carbonyl (C=O) groups is 1. The van der Waals surface area contributed by atoms with Crippen LogP contribution < -0.4 is 10.6 Å². The lowest BCUT2D eigenvalue weighted by Gasteiger charge is -2.33. The van der Waals surface area contributed by atoms with Crippen LogP contribution in [-0.4, -0.2) is 29.7 Å². The molecule has 4 heteroatoms. The van der Waals surface area contributed by atoms with Gasteiger partial charge in [0, 0.05) is 18.8 Å². The minimum Gasteiger partial charge on any atom is -0.480 e. The van der Waals surface area contributed by atoms with Gasteiger partial charge in [-0.05, 0) is 50.3 Å². The molecular weight excluding hydrogens is 240 g/mol. The summed E-state index contributed by atoms with van der Waals surface area (Å²) < 4.78 is 0. The van der Waals surface area contributed by atoms with Gasteiger partial charge in [0.1, 0.15) is 5.54 Å². The van der Waals surface area contributed by atoms with Gasteiger partial charge in [0.2, 0.25) is 0 Å². The Bertz CT molecular complexity index is 471. The van der Waals surface area contributed by atoms with E-state index in [0.717, 1.165) is 25.1 Å². The van der Waals surface area contributed by atoms with Crippen molar-refractivity contribution in [2.24, 2.45) is 11.7 Å². The summed E-state index contributed by atoms with van der Waals surface area (Å²) in [7, 11) is 0. The number of carboxylic acids is 1. The fraction of sp³-hybridized carbons (Fsp3) is 0.533. The van der Waals surface area contributed by atoms with Crippen LogP contribution in [0.5, 0.6) is 0 Å². The molecule has 0 saturated heterocycles. The summed E-state index contributed by atoms with van der Waals surface area (Å²) in [5.41, 5.74) is 7.24. The van der Waals surface area contributed by atoms with E-state index in [1.165, 1.54) is 5.56 Å². The number of rotatable bonds is 6. The van der Waals surface area contributed by atoms with Crippen LogP contribution in [0.2, 0.25) is 0 Å². The van der Waals surface area contributed by atoms with E-state index in [4.69, 9.17) is 5.73 Å². The summed E-state index contributed by atoms with van der Waals surface area (Å²) in [5, 5.41) is 9.44. The minimum absolute atomic E-state index is 0.115. The van der Waals surface area contributed by atoms with E-state index in [9.17, 15) is 9.90 Å². The molecule has 0 amide bonds. The molecule has 0 spiro atoms. The van der Waals surface area contributed by atoms with Gasteiger partial charge in [-0.25, -0.2) is 0 Å². The van der Waals surface area contributed by atoms with Gasteiger partial charge >= 0.3 is 5.97 Å². The fourth-order valence-electron chi connectivity index (χ4n) is 2.50. The van der Waals surface area contributed by atoms with Crippen LogP contribution in [0.15, 0.2) is 24.3 Å². The van der Waals surface area contributed by atoms with Crippen LogP contribution in [0.3, 0.4) is 0 Å². The Hall–Kier alpha value is -1.55. The molecule has 3 N–H and O–H groups in total. The summed E-state index contributed by atoms with van der Waals surface area (Å²) in [4.78, 5) is 13.6. The monoisotopic (exact) mass is 262 g/mol. The maximum atomic E-state index is 11.5. The third-order valence-corrected chi connectivity index (χ3v) is 3.91. The minimum atomic E-state index is -1.13. The van der Waals surface area contributed by atoms with E-state index in [-0.39, 0.29) is 5.92 Å². The van der Waals surface area contributed by atoms with Crippen molar-refractivity contribution in [2.45, 2.75) is 32.2 Å². The largest absolute Gasteiger partial charge is 0.480 e. The Kier molecular flexibility index (Phi) is 3.80. The lowest BCUT2D eigenvalue weighted by atomic mass is 9.93. The maximum Gasteiger partial charge on any atom is 0.325 e. The molecule has 1 aliphatic carbocycles. The molecule has 104 valence electrons. The Morgan fingerprint density at radius 3 is 2.68 bits per heavy atom. The third-order valence-electron chi connectivity index (χ3n) is 3.91. The number of hydrogen-bond acceptors (Lipinski definition) is 3.